The first kappa shape index (κ1) is 74.0. The maximum absolute atomic E-state index is 13.6. The summed E-state index contributed by atoms with van der Waals surface area (Å²) >= 11 is 0. The van der Waals surface area contributed by atoms with Crippen LogP contribution >= 0.6 is 0 Å². The minimum Gasteiger partial charge on any atom is -0.477 e. The van der Waals surface area contributed by atoms with E-state index in [0.29, 0.717) is 0 Å². The van der Waals surface area contributed by atoms with Crippen LogP contribution in [0.5, 0.6) is 0 Å². The van der Waals surface area contributed by atoms with Crippen molar-refractivity contribution in [3.05, 3.63) is 0 Å². The van der Waals surface area contributed by atoms with Gasteiger partial charge in [0.25, 0.3) is 5.79 Å². The Bertz CT molecular complexity index is 2360. The molecule has 7 rings (SSSR count). The normalized spacial score (nSPS) is 48.4. The van der Waals surface area contributed by atoms with Crippen LogP contribution in [-0.4, -0.2) is 367 Å². The standard InChI is InChI=1S/C51H85N3O36/c1-12-26(62)34(70)37(73)47(79-12)88-41-25(54-17(6)60)46(85-21(10-57)39(41)86-45-23(52-15(4)58)33(69)30(66)20(9-56)84-45)87-40-24(53-16(5)59)44(75)82-22(32(40)68)11-78-51(50(76)77)7-19(31(67)42(90-51)29(65)18(61)8-55)83-49-43(36(72)28(64)14(3)81-49)89-48-38(74)35(71)27(63)13(2)80-48/h12-14,18-49,55-57,61-75H,7-11H2,1-6H3,(H,52,58)(H,53,59)(H,54,60)(H,76,77)/t12-,13-,14-,18+,19-,20+,21+,22+,23+,24+,25+,26+,27+,28+,29+,30-,31+,32-,33+,34+,35+,36+,37-,38-,39+,40+,41+,42-,43-,44-,45-,46-,47-,48-,49-,51+/m0/s1. The molecule has 0 bridgehead atoms. The number of rotatable bonds is 22. The Morgan fingerprint density at radius 3 is 1.46 bits per heavy atom. The van der Waals surface area contributed by atoms with Crippen molar-refractivity contribution in [3.8, 4) is 0 Å². The van der Waals surface area contributed by atoms with Gasteiger partial charge in [-0.3, -0.25) is 14.4 Å². The molecule has 0 radical (unpaired) electrons. The Hall–Kier alpha value is -3.36. The maximum atomic E-state index is 13.6. The summed E-state index contributed by atoms with van der Waals surface area (Å²) < 4.78 is 76.8. The molecule has 7 aliphatic rings. The van der Waals surface area contributed by atoms with Crippen molar-refractivity contribution in [1.82, 2.24) is 16.0 Å². The molecule has 36 atom stereocenters. The third-order valence-electron chi connectivity index (χ3n) is 16.6. The van der Waals surface area contributed by atoms with Crippen LogP contribution in [-0.2, 0) is 80.8 Å². The Morgan fingerprint density at radius 1 is 0.467 bits per heavy atom. The lowest BCUT2D eigenvalue weighted by atomic mass is 9.90. The third-order valence-corrected chi connectivity index (χ3v) is 16.6. The highest BCUT2D eigenvalue weighted by Gasteiger charge is 2.61. The summed E-state index contributed by atoms with van der Waals surface area (Å²) in [6.07, 6.45) is -63.5. The molecule has 7 fully saturated rings. The van der Waals surface area contributed by atoms with Crippen LogP contribution in [0.25, 0.3) is 0 Å². The number of carboxylic acids is 1. The van der Waals surface area contributed by atoms with E-state index < -0.39 is 277 Å². The van der Waals surface area contributed by atoms with E-state index in [4.69, 9.17) is 61.6 Å². The first-order valence-corrected chi connectivity index (χ1v) is 28.8. The van der Waals surface area contributed by atoms with Crippen molar-refractivity contribution in [2.24, 2.45) is 0 Å². The number of carbonyl (C=O) groups excluding carboxylic acids is 3. The minimum atomic E-state index is -3.26. The number of aliphatic hydroxyl groups excluding tert-OH is 18. The van der Waals surface area contributed by atoms with E-state index in [-0.39, 0.29) is 0 Å². The molecule has 90 heavy (non-hydrogen) atoms. The molecule has 39 heteroatoms. The average Bonchev–Trinajstić information content (AvgIpc) is 0.775. The van der Waals surface area contributed by atoms with Crippen LogP contribution in [0.15, 0.2) is 0 Å². The fourth-order valence-electron chi connectivity index (χ4n) is 11.6. The third kappa shape index (κ3) is 16.0. The quantitative estimate of drug-likeness (QED) is 0.0479. The van der Waals surface area contributed by atoms with E-state index in [9.17, 15) is 116 Å². The lowest BCUT2D eigenvalue weighted by Gasteiger charge is -2.52. The Labute approximate surface area is 511 Å². The first-order valence-electron chi connectivity index (χ1n) is 28.8. The molecule has 22 N–H and O–H groups in total. The molecule has 7 saturated heterocycles. The van der Waals surface area contributed by atoms with Crippen molar-refractivity contribution < 1.29 is 178 Å². The van der Waals surface area contributed by atoms with Crippen molar-refractivity contribution in [1.29, 1.82) is 0 Å². The Kier molecular flexibility index (Phi) is 25.5. The number of hydrogen-bond donors (Lipinski definition) is 22. The molecular weight excluding hydrogens is 1230 g/mol. The van der Waals surface area contributed by atoms with Crippen molar-refractivity contribution in [2.45, 2.75) is 268 Å². The molecule has 3 amide bonds. The fraction of sp³-hybridized carbons (Fsp3) is 0.922. The zero-order valence-electron chi connectivity index (χ0n) is 49.2. The van der Waals surface area contributed by atoms with Crippen molar-refractivity contribution >= 4 is 23.7 Å². The zero-order valence-corrected chi connectivity index (χ0v) is 49.2. The van der Waals surface area contributed by atoms with Gasteiger partial charge >= 0.3 is 5.97 Å². The SMILES string of the molecule is CC(=O)N[C@@H]1[C@@H](O[C@@H]2O[C@H](CO)[C@@H](O[C@@H]3O[C@H](CO)[C@H](O)[C@H](O)[C@H]3NC(C)=O)[C@H](O[C@@H]3O[C@@H](C)[C@@H](O)[C@@H](O)[C@@H]3O)[C@H]2NC(C)=O)[C@@H](O)[C@@H](CO[C@]2(C(=O)O)C[C@H](O[C@@H]3O[C@@H](C)[C@@H](O)[C@@H](O)[C@@H]3O[C@@H]3O[C@@H](C)[C@@H](O)[C@@H](O)[C@@H]3O)[C@@H](O)[C@H]([C@H](O)[C@H](O)CO)O2)O[C@@H]1O. The molecule has 7 heterocycles. The highest BCUT2D eigenvalue weighted by atomic mass is 16.8. The highest BCUT2D eigenvalue weighted by molar-refractivity contribution is 5.76. The molecule has 0 spiro atoms. The smallest absolute Gasteiger partial charge is 0.364 e. The van der Waals surface area contributed by atoms with E-state index in [1.165, 1.54) is 20.8 Å². The van der Waals surface area contributed by atoms with Gasteiger partial charge < -0.3 is 175 Å². The van der Waals surface area contributed by atoms with E-state index in [0.717, 1.165) is 20.8 Å². The van der Waals surface area contributed by atoms with Crippen LogP contribution in [0, 0.1) is 0 Å². The van der Waals surface area contributed by atoms with Crippen molar-refractivity contribution in [2.75, 3.05) is 26.4 Å². The number of aliphatic hydroxyl groups is 18. The predicted molar refractivity (Wildman–Crippen MR) is 280 cm³/mol. The summed E-state index contributed by atoms with van der Waals surface area (Å²) in [7, 11) is 0. The van der Waals surface area contributed by atoms with Gasteiger partial charge in [0.2, 0.25) is 17.7 Å². The number of aliphatic carboxylic acids is 1. The van der Waals surface area contributed by atoms with Gasteiger partial charge in [0.1, 0.15) is 152 Å². The molecule has 0 aromatic carbocycles. The first-order chi connectivity index (χ1) is 42.2. The summed E-state index contributed by atoms with van der Waals surface area (Å²) in [5, 5.41) is 215. The number of amides is 3. The second-order valence-electron chi connectivity index (χ2n) is 23.2. The Balaban J connectivity index is 1.23. The summed E-state index contributed by atoms with van der Waals surface area (Å²) in [6, 6.07) is -5.51. The summed E-state index contributed by atoms with van der Waals surface area (Å²) in [6.45, 7) is 2.17. The fourth-order valence-corrected chi connectivity index (χ4v) is 11.6. The second-order valence-corrected chi connectivity index (χ2v) is 23.2. The lowest BCUT2D eigenvalue weighted by Crippen LogP contribution is -2.72. The van der Waals surface area contributed by atoms with Crippen LogP contribution in [0.2, 0.25) is 0 Å². The molecule has 520 valence electrons. The molecule has 0 unspecified atom stereocenters. The maximum Gasteiger partial charge on any atom is 0.364 e. The van der Waals surface area contributed by atoms with Gasteiger partial charge in [-0.25, -0.2) is 4.79 Å². The van der Waals surface area contributed by atoms with Gasteiger partial charge in [-0.1, -0.05) is 0 Å². The lowest BCUT2D eigenvalue weighted by molar-refractivity contribution is -0.388. The molecule has 39 nitrogen and oxygen atoms in total. The van der Waals surface area contributed by atoms with Crippen LogP contribution < -0.4 is 16.0 Å². The van der Waals surface area contributed by atoms with Gasteiger partial charge in [0, 0.05) is 27.2 Å². The van der Waals surface area contributed by atoms with Crippen molar-refractivity contribution in [3.63, 3.8) is 0 Å². The molecule has 0 aliphatic carbocycles. The van der Waals surface area contributed by atoms with E-state index >= 15 is 0 Å². The van der Waals surface area contributed by atoms with Crippen LogP contribution in [0.1, 0.15) is 48.0 Å². The number of ether oxygens (including phenoxy) is 13. The molecular formula is C51H85N3O36. The summed E-state index contributed by atoms with van der Waals surface area (Å²) in [5.41, 5.74) is 0. The van der Waals surface area contributed by atoms with Gasteiger partial charge in [0.15, 0.2) is 37.7 Å². The van der Waals surface area contributed by atoms with E-state index in [1.807, 2.05) is 0 Å². The van der Waals surface area contributed by atoms with E-state index in [1.54, 1.807) is 0 Å². The molecule has 0 saturated carbocycles. The minimum absolute atomic E-state index is 0.809. The topological polar surface area (TPSA) is 609 Å². The number of carboxylic acid groups (broad SMARTS) is 1. The second kappa shape index (κ2) is 31.0. The van der Waals surface area contributed by atoms with Crippen LogP contribution in [0.3, 0.4) is 0 Å². The molecule has 0 aromatic rings. The predicted octanol–water partition coefficient (Wildman–Crippen LogP) is -13.6. The van der Waals surface area contributed by atoms with Gasteiger partial charge in [-0.05, 0) is 20.8 Å². The zero-order chi connectivity index (χ0) is 66.9. The largest absolute Gasteiger partial charge is 0.477 e. The Morgan fingerprint density at radius 2 is 0.933 bits per heavy atom. The van der Waals surface area contributed by atoms with Gasteiger partial charge in [-0.15, -0.1) is 0 Å². The number of carbonyl (C=O) groups is 4. The number of hydrogen-bond acceptors (Lipinski definition) is 35. The highest BCUT2D eigenvalue weighted by Crippen LogP contribution is 2.41. The van der Waals surface area contributed by atoms with E-state index in [2.05, 4.69) is 16.0 Å². The molecule has 0 aromatic heterocycles. The average molecular weight is 1320 g/mol. The molecule has 7 aliphatic heterocycles. The summed E-state index contributed by atoms with van der Waals surface area (Å²) in [5.74, 6) is -8.03. The number of nitrogens with one attached hydrogen (secondary N) is 3. The van der Waals surface area contributed by atoms with Crippen LogP contribution in [0.4, 0.5) is 0 Å². The van der Waals surface area contributed by atoms with Gasteiger partial charge in [0.05, 0.1) is 50.8 Å². The monoisotopic (exact) mass is 1320 g/mol. The van der Waals surface area contributed by atoms with Gasteiger partial charge in [-0.2, -0.15) is 0 Å². The summed E-state index contributed by atoms with van der Waals surface area (Å²) in [4.78, 5) is 52.2.